The second kappa shape index (κ2) is 4.55. The Balaban J connectivity index is 2.21. The standard InChI is InChI=1S/C12H22N4/c1-9(2)15(3)11(6-13)12-7-14-8-16(12)10-4-5-10/h7-11H,4-6,13H2,1-3H3. The van der Waals surface area contributed by atoms with Gasteiger partial charge in [0.15, 0.2) is 0 Å². The zero-order valence-corrected chi connectivity index (χ0v) is 10.4. The van der Waals surface area contributed by atoms with Gasteiger partial charge in [-0.15, -0.1) is 0 Å². The fraction of sp³-hybridized carbons (Fsp3) is 0.750. The highest BCUT2D eigenvalue weighted by Gasteiger charge is 2.29. The van der Waals surface area contributed by atoms with Gasteiger partial charge in [-0.05, 0) is 33.7 Å². The molecule has 90 valence electrons. The minimum absolute atomic E-state index is 0.281. The van der Waals surface area contributed by atoms with Crippen molar-refractivity contribution in [3.63, 3.8) is 0 Å². The van der Waals surface area contributed by atoms with Gasteiger partial charge in [0.05, 0.1) is 18.1 Å². The highest BCUT2D eigenvalue weighted by Crippen LogP contribution is 2.37. The molecule has 1 unspecified atom stereocenters. The summed E-state index contributed by atoms with van der Waals surface area (Å²) in [4.78, 5) is 6.59. The van der Waals surface area contributed by atoms with Crippen molar-refractivity contribution in [2.75, 3.05) is 13.6 Å². The Bertz CT molecular complexity index is 341. The molecule has 1 aromatic heterocycles. The second-order valence-corrected chi connectivity index (χ2v) is 4.97. The monoisotopic (exact) mass is 222 g/mol. The first-order valence-electron chi connectivity index (χ1n) is 6.09. The minimum atomic E-state index is 0.281. The zero-order chi connectivity index (χ0) is 11.7. The number of nitrogens with zero attached hydrogens (tertiary/aromatic N) is 3. The largest absolute Gasteiger partial charge is 0.330 e. The number of aromatic nitrogens is 2. The molecule has 2 N–H and O–H groups in total. The average molecular weight is 222 g/mol. The molecule has 1 aliphatic carbocycles. The van der Waals surface area contributed by atoms with Gasteiger partial charge < -0.3 is 10.3 Å². The molecule has 1 aliphatic rings. The molecule has 1 atom stereocenters. The summed E-state index contributed by atoms with van der Waals surface area (Å²) >= 11 is 0. The van der Waals surface area contributed by atoms with E-state index in [-0.39, 0.29) is 6.04 Å². The highest BCUT2D eigenvalue weighted by atomic mass is 15.2. The molecule has 2 rings (SSSR count). The lowest BCUT2D eigenvalue weighted by atomic mass is 10.1. The molecule has 4 heteroatoms. The van der Waals surface area contributed by atoms with Gasteiger partial charge in [0.1, 0.15) is 0 Å². The Hall–Kier alpha value is -0.870. The normalized spacial score (nSPS) is 18.4. The maximum atomic E-state index is 5.91. The Morgan fingerprint density at radius 2 is 2.25 bits per heavy atom. The second-order valence-electron chi connectivity index (χ2n) is 4.97. The van der Waals surface area contributed by atoms with Crippen molar-refractivity contribution in [2.45, 2.75) is 44.8 Å². The van der Waals surface area contributed by atoms with Crippen LogP contribution in [-0.4, -0.2) is 34.1 Å². The maximum Gasteiger partial charge on any atom is 0.0951 e. The fourth-order valence-corrected chi connectivity index (χ4v) is 2.09. The summed E-state index contributed by atoms with van der Waals surface area (Å²) < 4.78 is 2.30. The van der Waals surface area contributed by atoms with E-state index in [1.165, 1.54) is 18.5 Å². The van der Waals surface area contributed by atoms with Crippen LogP contribution in [0.15, 0.2) is 12.5 Å². The topological polar surface area (TPSA) is 47.1 Å². The van der Waals surface area contributed by atoms with Crippen LogP contribution in [0.4, 0.5) is 0 Å². The van der Waals surface area contributed by atoms with Crippen molar-refractivity contribution in [1.82, 2.24) is 14.5 Å². The predicted octanol–water partition coefficient (Wildman–Crippen LogP) is 1.56. The molecule has 1 aromatic rings. The average Bonchev–Trinajstić information content (AvgIpc) is 2.99. The van der Waals surface area contributed by atoms with Crippen molar-refractivity contribution >= 4 is 0 Å². The number of likely N-dealkylation sites (N-methyl/N-ethyl adjacent to an activating group) is 1. The summed E-state index contributed by atoms with van der Waals surface area (Å²) in [6.07, 6.45) is 6.48. The van der Waals surface area contributed by atoms with E-state index in [0.29, 0.717) is 18.6 Å². The van der Waals surface area contributed by atoms with Gasteiger partial charge in [0, 0.05) is 24.8 Å². The number of hydrogen-bond donors (Lipinski definition) is 1. The van der Waals surface area contributed by atoms with E-state index >= 15 is 0 Å². The van der Waals surface area contributed by atoms with Crippen LogP contribution >= 0.6 is 0 Å². The Kier molecular flexibility index (Phi) is 3.30. The van der Waals surface area contributed by atoms with Crippen molar-refractivity contribution in [1.29, 1.82) is 0 Å². The third-order valence-electron chi connectivity index (χ3n) is 3.51. The fourth-order valence-electron chi connectivity index (χ4n) is 2.09. The minimum Gasteiger partial charge on any atom is -0.330 e. The summed E-state index contributed by atoms with van der Waals surface area (Å²) in [6, 6.07) is 1.45. The van der Waals surface area contributed by atoms with Gasteiger partial charge in [-0.3, -0.25) is 4.90 Å². The maximum absolute atomic E-state index is 5.91. The van der Waals surface area contributed by atoms with E-state index in [1.807, 2.05) is 12.5 Å². The highest BCUT2D eigenvalue weighted by molar-refractivity contribution is 5.10. The smallest absolute Gasteiger partial charge is 0.0951 e. The van der Waals surface area contributed by atoms with Crippen LogP contribution in [0.2, 0.25) is 0 Å². The molecule has 0 radical (unpaired) electrons. The number of imidazole rings is 1. The summed E-state index contributed by atoms with van der Waals surface area (Å²) in [5, 5.41) is 0. The van der Waals surface area contributed by atoms with Crippen LogP contribution in [0.3, 0.4) is 0 Å². The molecule has 0 amide bonds. The third-order valence-corrected chi connectivity index (χ3v) is 3.51. The zero-order valence-electron chi connectivity index (χ0n) is 10.4. The molecule has 0 aliphatic heterocycles. The van der Waals surface area contributed by atoms with E-state index in [1.54, 1.807) is 0 Å². The summed E-state index contributed by atoms with van der Waals surface area (Å²) in [5.74, 6) is 0. The summed E-state index contributed by atoms with van der Waals surface area (Å²) in [7, 11) is 2.13. The third kappa shape index (κ3) is 2.13. The molecular weight excluding hydrogens is 200 g/mol. The van der Waals surface area contributed by atoms with E-state index in [4.69, 9.17) is 5.73 Å². The van der Waals surface area contributed by atoms with Crippen LogP contribution in [0.1, 0.15) is 44.5 Å². The lowest BCUT2D eigenvalue weighted by Gasteiger charge is -2.31. The molecule has 4 nitrogen and oxygen atoms in total. The molecule has 16 heavy (non-hydrogen) atoms. The lowest BCUT2D eigenvalue weighted by Crippen LogP contribution is -2.36. The van der Waals surface area contributed by atoms with Crippen LogP contribution < -0.4 is 5.73 Å². The van der Waals surface area contributed by atoms with Crippen LogP contribution in [-0.2, 0) is 0 Å². The van der Waals surface area contributed by atoms with Crippen LogP contribution in [0, 0.1) is 0 Å². The van der Waals surface area contributed by atoms with Gasteiger partial charge in [0.25, 0.3) is 0 Å². The number of hydrogen-bond acceptors (Lipinski definition) is 3. The predicted molar refractivity (Wildman–Crippen MR) is 65.2 cm³/mol. The van der Waals surface area contributed by atoms with Gasteiger partial charge in [-0.1, -0.05) is 0 Å². The first-order chi connectivity index (χ1) is 7.65. The van der Waals surface area contributed by atoms with Crippen LogP contribution in [0.5, 0.6) is 0 Å². The van der Waals surface area contributed by atoms with Crippen molar-refractivity contribution in [3.8, 4) is 0 Å². The summed E-state index contributed by atoms with van der Waals surface area (Å²) in [5.41, 5.74) is 7.17. The number of rotatable bonds is 5. The molecule has 1 fully saturated rings. The quantitative estimate of drug-likeness (QED) is 0.822. The first-order valence-corrected chi connectivity index (χ1v) is 6.09. The van der Waals surface area contributed by atoms with E-state index < -0.39 is 0 Å². The van der Waals surface area contributed by atoms with E-state index in [2.05, 4.69) is 35.3 Å². The molecule has 0 bridgehead atoms. The Labute approximate surface area is 97.4 Å². The Morgan fingerprint density at radius 1 is 1.56 bits per heavy atom. The van der Waals surface area contributed by atoms with Crippen molar-refractivity contribution in [2.24, 2.45) is 5.73 Å². The van der Waals surface area contributed by atoms with Crippen LogP contribution in [0.25, 0.3) is 0 Å². The molecule has 1 saturated carbocycles. The first kappa shape index (κ1) is 11.6. The molecule has 1 heterocycles. The molecule has 0 aromatic carbocycles. The van der Waals surface area contributed by atoms with Crippen molar-refractivity contribution < 1.29 is 0 Å². The van der Waals surface area contributed by atoms with Gasteiger partial charge in [0.2, 0.25) is 0 Å². The van der Waals surface area contributed by atoms with E-state index in [0.717, 1.165) is 0 Å². The molecular formula is C12H22N4. The van der Waals surface area contributed by atoms with Gasteiger partial charge >= 0.3 is 0 Å². The summed E-state index contributed by atoms with van der Waals surface area (Å²) in [6.45, 7) is 5.04. The Morgan fingerprint density at radius 3 is 2.75 bits per heavy atom. The number of nitrogens with two attached hydrogens (primary N) is 1. The van der Waals surface area contributed by atoms with Gasteiger partial charge in [-0.2, -0.15) is 0 Å². The van der Waals surface area contributed by atoms with Crippen molar-refractivity contribution in [3.05, 3.63) is 18.2 Å². The van der Waals surface area contributed by atoms with Gasteiger partial charge in [-0.25, -0.2) is 4.98 Å². The molecule has 0 saturated heterocycles. The van der Waals surface area contributed by atoms with E-state index in [9.17, 15) is 0 Å². The molecule has 0 spiro atoms. The SMILES string of the molecule is CC(C)N(C)C(CN)c1cncn1C1CC1. The lowest BCUT2D eigenvalue weighted by molar-refractivity contribution is 0.193.